The fraction of sp³-hybridized carbons (Fsp3) is 0.200. The first-order chi connectivity index (χ1) is 7.15. The van der Waals surface area contributed by atoms with Gasteiger partial charge in [-0.1, -0.05) is 17.8 Å². The Kier molecular flexibility index (Phi) is 2.64. The van der Waals surface area contributed by atoms with E-state index >= 15 is 0 Å². The molecule has 0 atom stereocenters. The molecule has 0 aliphatic heterocycles. The number of aromatic nitrogens is 2. The van der Waals surface area contributed by atoms with Gasteiger partial charge < -0.3 is 10.1 Å². The Morgan fingerprint density at radius 3 is 3.13 bits per heavy atom. The van der Waals surface area contributed by atoms with Crippen LogP contribution in [0, 0.1) is 6.92 Å². The standard InChI is InChI=1S/C10H10N2O2S/c1-6-2-3-7-8(4-6)12-10(11-7)15-5-9(13)14/h2-4H,5H2,1H3,(H,11,12)(H,13,14). The predicted molar refractivity (Wildman–Crippen MR) is 59.2 cm³/mol. The zero-order valence-electron chi connectivity index (χ0n) is 8.15. The molecule has 0 saturated carbocycles. The number of fused-ring (bicyclic) bond motifs is 1. The summed E-state index contributed by atoms with van der Waals surface area (Å²) < 4.78 is 0. The van der Waals surface area contributed by atoms with Crippen molar-refractivity contribution in [1.29, 1.82) is 0 Å². The summed E-state index contributed by atoms with van der Waals surface area (Å²) in [4.78, 5) is 17.7. The zero-order valence-corrected chi connectivity index (χ0v) is 8.97. The second kappa shape index (κ2) is 3.94. The molecule has 2 rings (SSSR count). The predicted octanol–water partition coefficient (Wildman–Crippen LogP) is 2.05. The molecular weight excluding hydrogens is 212 g/mol. The van der Waals surface area contributed by atoms with E-state index in [2.05, 4.69) is 9.97 Å². The number of H-pyrrole nitrogens is 1. The van der Waals surface area contributed by atoms with Gasteiger partial charge in [0, 0.05) is 0 Å². The van der Waals surface area contributed by atoms with E-state index in [1.54, 1.807) is 0 Å². The van der Waals surface area contributed by atoms with Crippen LogP contribution in [-0.4, -0.2) is 26.8 Å². The number of thioether (sulfide) groups is 1. The number of aliphatic carboxylic acids is 1. The van der Waals surface area contributed by atoms with Gasteiger partial charge in [0.25, 0.3) is 0 Å². The van der Waals surface area contributed by atoms with Crippen molar-refractivity contribution in [3.8, 4) is 0 Å². The number of carboxylic acid groups (broad SMARTS) is 1. The molecule has 78 valence electrons. The molecule has 2 aromatic rings. The number of nitrogens with zero attached hydrogens (tertiary/aromatic N) is 1. The molecule has 0 bridgehead atoms. The van der Waals surface area contributed by atoms with E-state index in [-0.39, 0.29) is 5.75 Å². The van der Waals surface area contributed by atoms with Crippen LogP contribution in [0.4, 0.5) is 0 Å². The molecule has 1 aromatic heterocycles. The minimum absolute atomic E-state index is 0.0266. The Morgan fingerprint density at radius 2 is 2.40 bits per heavy atom. The van der Waals surface area contributed by atoms with E-state index < -0.39 is 5.97 Å². The van der Waals surface area contributed by atoms with Crippen LogP contribution in [0.2, 0.25) is 0 Å². The van der Waals surface area contributed by atoms with E-state index in [9.17, 15) is 4.79 Å². The highest BCUT2D eigenvalue weighted by molar-refractivity contribution is 7.99. The zero-order chi connectivity index (χ0) is 10.8. The second-order valence-corrected chi connectivity index (χ2v) is 4.21. The quantitative estimate of drug-likeness (QED) is 0.780. The number of aryl methyl sites for hydroxylation is 1. The van der Waals surface area contributed by atoms with Gasteiger partial charge in [0.15, 0.2) is 5.16 Å². The van der Waals surface area contributed by atoms with Crippen molar-refractivity contribution >= 4 is 28.8 Å². The summed E-state index contributed by atoms with van der Waals surface area (Å²) in [6, 6.07) is 5.91. The summed E-state index contributed by atoms with van der Waals surface area (Å²) in [5, 5.41) is 9.18. The fourth-order valence-corrected chi connectivity index (χ4v) is 1.90. The molecule has 5 heteroatoms. The van der Waals surface area contributed by atoms with Gasteiger partial charge in [-0.15, -0.1) is 0 Å². The molecule has 1 aromatic carbocycles. The average Bonchev–Trinajstić information content (AvgIpc) is 2.56. The third kappa shape index (κ3) is 2.30. The SMILES string of the molecule is Cc1ccc2[nH]c(SCC(=O)O)nc2c1. The van der Waals surface area contributed by atoms with E-state index in [1.807, 2.05) is 25.1 Å². The lowest BCUT2D eigenvalue weighted by atomic mass is 10.2. The Hall–Kier alpha value is -1.49. The van der Waals surface area contributed by atoms with Crippen LogP contribution in [-0.2, 0) is 4.79 Å². The number of benzene rings is 1. The van der Waals surface area contributed by atoms with E-state index in [4.69, 9.17) is 5.11 Å². The van der Waals surface area contributed by atoms with Crippen molar-refractivity contribution in [2.24, 2.45) is 0 Å². The van der Waals surface area contributed by atoms with Gasteiger partial charge >= 0.3 is 5.97 Å². The van der Waals surface area contributed by atoms with Crippen molar-refractivity contribution in [3.63, 3.8) is 0 Å². The first kappa shape index (κ1) is 10.0. The van der Waals surface area contributed by atoms with Gasteiger partial charge in [0.2, 0.25) is 0 Å². The summed E-state index contributed by atoms with van der Waals surface area (Å²) in [5.41, 5.74) is 2.96. The summed E-state index contributed by atoms with van der Waals surface area (Å²) in [7, 11) is 0. The van der Waals surface area contributed by atoms with Crippen LogP contribution in [0.15, 0.2) is 23.4 Å². The Bertz CT molecular complexity index is 507. The van der Waals surface area contributed by atoms with Crippen LogP contribution >= 0.6 is 11.8 Å². The topological polar surface area (TPSA) is 66.0 Å². The number of imidazole rings is 1. The minimum atomic E-state index is -0.836. The second-order valence-electron chi connectivity index (χ2n) is 3.24. The van der Waals surface area contributed by atoms with Crippen LogP contribution in [0.3, 0.4) is 0 Å². The smallest absolute Gasteiger partial charge is 0.313 e. The van der Waals surface area contributed by atoms with Gasteiger partial charge in [-0.25, -0.2) is 4.98 Å². The molecule has 0 aliphatic rings. The molecule has 0 fully saturated rings. The van der Waals surface area contributed by atoms with Crippen molar-refractivity contribution < 1.29 is 9.90 Å². The molecule has 15 heavy (non-hydrogen) atoms. The maximum Gasteiger partial charge on any atom is 0.313 e. The average molecular weight is 222 g/mol. The molecule has 0 radical (unpaired) electrons. The van der Waals surface area contributed by atoms with Crippen molar-refractivity contribution in [3.05, 3.63) is 23.8 Å². The fourth-order valence-electron chi connectivity index (χ4n) is 1.29. The molecule has 1 heterocycles. The van der Waals surface area contributed by atoms with E-state index in [0.29, 0.717) is 5.16 Å². The number of nitrogens with one attached hydrogen (secondary N) is 1. The Morgan fingerprint density at radius 1 is 1.60 bits per heavy atom. The van der Waals surface area contributed by atoms with E-state index in [1.165, 1.54) is 11.8 Å². The van der Waals surface area contributed by atoms with Gasteiger partial charge in [-0.3, -0.25) is 4.79 Å². The first-order valence-corrected chi connectivity index (χ1v) is 5.44. The van der Waals surface area contributed by atoms with Crippen LogP contribution in [0.25, 0.3) is 11.0 Å². The lowest BCUT2D eigenvalue weighted by molar-refractivity contribution is -0.133. The third-order valence-corrected chi connectivity index (χ3v) is 2.81. The third-order valence-electron chi connectivity index (χ3n) is 1.95. The molecule has 2 N–H and O–H groups in total. The molecular formula is C10H10N2O2S. The highest BCUT2D eigenvalue weighted by Gasteiger charge is 2.05. The Balaban J connectivity index is 2.27. The largest absolute Gasteiger partial charge is 0.481 e. The Labute approximate surface area is 90.7 Å². The van der Waals surface area contributed by atoms with Crippen molar-refractivity contribution in [2.75, 3.05) is 5.75 Å². The maximum atomic E-state index is 10.4. The monoisotopic (exact) mass is 222 g/mol. The van der Waals surface area contributed by atoms with Crippen LogP contribution in [0.1, 0.15) is 5.56 Å². The number of aromatic amines is 1. The number of hydrogen-bond donors (Lipinski definition) is 2. The van der Waals surface area contributed by atoms with Crippen molar-refractivity contribution in [1.82, 2.24) is 9.97 Å². The summed E-state index contributed by atoms with van der Waals surface area (Å²) >= 11 is 1.19. The molecule has 0 aliphatic carbocycles. The van der Waals surface area contributed by atoms with Crippen LogP contribution in [0.5, 0.6) is 0 Å². The van der Waals surface area contributed by atoms with Crippen molar-refractivity contribution in [2.45, 2.75) is 12.1 Å². The molecule has 0 spiro atoms. The molecule has 0 saturated heterocycles. The van der Waals surface area contributed by atoms with Gasteiger partial charge in [-0.05, 0) is 24.6 Å². The van der Waals surface area contributed by atoms with Gasteiger partial charge in [0.1, 0.15) is 0 Å². The molecule has 0 amide bonds. The number of rotatable bonds is 3. The highest BCUT2D eigenvalue weighted by atomic mass is 32.2. The van der Waals surface area contributed by atoms with Crippen LogP contribution < -0.4 is 0 Å². The molecule has 0 unspecified atom stereocenters. The lowest BCUT2D eigenvalue weighted by Gasteiger charge is -1.89. The number of hydrogen-bond acceptors (Lipinski definition) is 3. The molecule has 4 nitrogen and oxygen atoms in total. The summed E-state index contributed by atoms with van der Waals surface area (Å²) in [5.74, 6) is -0.810. The lowest BCUT2D eigenvalue weighted by Crippen LogP contribution is -1.97. The minimum Gasteiger partial charge on any atom is -0.481 e. The maximum absolute atomic E-state index is 10.4. The normalized spacial score (nSPS) is 10.7. The summed E-state index contributed by atoms with van der Waals surface area (Å²) in [6.07, 6.45) is 0. The summed E-state index contributed by atoms with van der Waals surface area (Å²) in [6.45, 7) is 2.00. The highest BCUT2D eigenvalue weighted by Crippen LogP contribution is 2.19. The number of carboxylic acids is 1. The number of carbonyl (C=O) groups is 1. The van der Waals surface area contributed by atoms with Gasteiger partial charge in [-0.2, -0.15) is 0 Å². The van der Waals surface area contributed by atoms with Gasteiger partial charge in [0.05, 0.1) is 16.8 Å². The van der Waals surface area contributed by atoms with E-state index in [0.717, 1.165) is 16.6 Å². The first-order valence-electron chi connectivity index (χ1n) is 4.46.